The third kappa shape index (κ3) is 4.74. The van der Waals surface area contributed by atoms with Crippen LogP contribution in [-0.4, -0.2) is 36.2 Å². The normalized spacial score (nSPS) is 14.8. The van der Waals surface area contributed by atoms with Crippen LogP contribution in [-0.2, 0) is 20.9 Å². The Kier molecular flexibility index (Phi) is 5.46. The second-order valence-corrected chi connectivity index (χ2v) is 6.90. The minimum atomic E-state index is -0.627. The molecule has 0 N–H and O–H groups in total. The van der Waals surface area contributed by atoms with E-state index in [0.29, 0.717) is 17.1 Å². The van der Waals surface area contributed by atoms with Gasteiger partial charge < -0.3 is 19.1 Å². The molecule has 2 aromatic rings. The van der Waals surface area contributed by atoms with Crippen LogP contribution in [0.2, 0.25) is 0 Å². The number of carbonyl (C=O) groups is 2. The van der Waals surface area contributed by atoms with Gasteiger partial charge in [0.05, 0.1) is 0 Å². The molecule has 1 aliphatic carbocycles. The van der Waals surface area contributed by atoms with Crippen LogP contribution in [0.1, 0.15) is 24.0 Å². The summed E-state index contributed by atoms with van der Waals surface area (Å²) in [5.74, 6) is -0.0397. The van der Waals surface area contributed by atoms with Gasteiger partial charge in [-0.25, -0.2) is 9.18 Å². The monoisotopic (exact) mass is 397 g/mol. The number of hydrogen-bond acceptors (Lipinski definition) is 5. The number of amides is 1. The molecule has 0 spiro atoms. The predicted molar refractivity (Wildman–Crippen MR) is 103 cm³/mol. The van der Waals surface area contributed by atoms with Crippen molar-refractivity contribution in [2.45, 2.75) is 25.4 Å². The van der Waals surface area contributed by atoms with E-state index in [0.717, 1.165) is 18.4 Å². The second-order valence-electron chi connectivity index (χ2n) is 6.90. The summed E-state index contributed by atoms with van der Waals surface area (Å²) in [4.78, 5) is 26.1. The second kappa shape index (κ2) is 8.34. The van der Waals surface area contributed by atoms with Crippen molar-refractivity contribution < 1.29 is 28.2 Å². The molecule has 0 atom stereocenters. The summed E-state index contributed by atoms with van der Waals surface area (Å²) in [5.41, 5.74) is 1.19. The molecule has 0 bridgehead atoms. The van der Waals surface area contributed by atoms with Crippen molar-refractivity contribution in [3.63, 3.8) is 0 Å². The third-order valence-electron chi connectivity index (χ3n) is 4.75. The lowest BCUT2D eigenvalue weighted by atomic mass is 10.2. The number of benzene rings is 2. The van der Waals surface area contributed by atoms with Crippen LogP contribution in [0.5, 0.6) is 11.5 Å². The van der Waals surface area contributed by atoms with Crippen molar-refractivity contribution in [2.24, 2.45) is 0 Å². The number of nitrogens with zero attached hydrogens (tertiary/aromatic N) is 1. The fraction of sp³-hybridized carbons (Fsp3) is 0.273. The first-order valence-electron chi connectivity index (χ1n) is 9.37. The Morgan fingerprint density at radius 3 is 2.72 bits per heavy atom. The summed E-state index contributed by atoms with van der Waals surface area (Å²) in [7, 11) is 0. The van der Waals surface area contributed by atoms with E-state index in [1.165, 1.54) is 12.1 Å². The number of fused-ring (bicyclic) bond motifs is 1. The molecule has 1 amide bonds. The van der Waals surface area contributed by atoms with Gasteiger partial charge in [0.15, 0.2) is 18.1 Å². The molecule has 0 radical (unpaired) electrons. The molecule has 1 fully saturated rings. The molecular formula is C22H20FNO5. The molecular weight excluding hydrogens is 377 g/mol. The zero-order valence-electron chi connectivity index (χ0n) is 15.7. The van der Waals surface area contributed by atoms with Crippen LogP contribution in [0.15, 0.2) is 48.5 Å². The van der Waals surface area contributed by atoms with Gasteiger partial charge >= 0.3 is 5.97 Å². The van der Waals surface area contributed by atoms with Crippen molar-refractivity contribution >= 4 is 18.0 Å². The molecule has 1 heterocycles. The molecule has 1 aliphatic heterocycles. The lowest BCUT2D eigenvalue weighted by Gasteiger charge is -2.22. The first-order valence-corrected chi connectivity index (χ1v) is 9.37. The number of esters is 1. The van der Waals surface area contributed by atoms with Gasteiger partial charge in [0.1, 0.15) is 5.82 Å². The quantitative estimate of drug-likeness (QED) is 0.530. The van der Waals surface area contributed by atoms with Crippen molar-refractivity contribution in [3.05, 3.63) is 65.5 Å². The molecule has 6 nitrogen and oxygen atoms in total. The maximum Gasteiger partial charge on any atom is 0.331 e. The van der Waals surface area contributed by atoms with Gasteiger partial charge in [-0.3, -0.25) is 4.79 Å². The predicted octanol–water partition coefficient (Wildman–Crippen LogP) is 3.30. The third-order valence-corrected chi connectivity index (χ3v) is 4.75. The van der Waals surface area contributed by atoms with Crippen molar-refractivity contribution in [1.82, 2.24) is 4.90 Å². The number of rotatable bonds is 7. The van der Waals surface area contributed by atoms with Crippen molar-refractivity contribution in [2.75, 3.05) is 13.4 Å². The largest absolute Gasteiger partial charge is 0.454 e. The highest BCUT2D eigenvalue weighted by atomic mass is 19.1. The summed E-state index contributed by atoms with van der Waals surface area (Å²) in [6.45, 7) is -0.0347. The Morgan fingerprint density at radius 2 is 1.93 bits per heavy atom. The van der Waals surface area contributed by atoms with Gasteiger partial charge in [-0.05, 0) is 42.7 Å². The van der Waals surface area contributed by atoms with E-state index >= 15 is 0 Å². The van der Waals surface area contributed by atoms with Gasteiger partial charge in [-0.1, -0.05) is 24.3 Å². The fourth-order valence-corrected chi connectivity index (χ4v) is 3.06. The minimum Gasteiger partial charge on any atom is -0.454 e. The van der Waals surface area contributed by atoms with Crippen molar-refractivity contribution in [1.29, 1.82) is 0 Å². The van der Waals surface area contributed by atoms with E-state index in [1.807, 2.05) is 0 Å². The van der Waals surface area contributed by atoms with E-state index in [9.17, 15) is 14.0 Å². The van der Waals surface area contributed by atoms with Gasteiger partial charge in [-0.2, -0.15) is 0 Å². The summed E-state index contributed by atoms with van der Waals surface area (Å²) in [5, 5.41) is 0. The number of carbonyl (C=O) groups excluding carboxylic acids is 2. The maximum atomic E-state index is 13.9. The summed E-state index contributed by atoms with van der Waals surface area (Å²) >= 11 is 0. The Bertz CT molecular complexity index is 954. The summed E-state index contributed by atoms with van der Waals surface area (Å²) in [6.07, 6.45) is 4.58. The van der Waals surface area contributed by atoms with E-state index in [4.69, 9.17) is 14.2 Å². The maximum absolute atomic E-state index is 13.9. The standard InChI is InChI=1S/C22H20FNO5/c23-18-4-2-1-3-16(18)12-24(17-7-8-17)21(25)13-27-22(26)10-6-15-5-9-19-20(11-15)29-14-28-19/h1-6,9-11,17H,7-8,12-14H2/b10-6+. The highest BCUT2D eigenvalue weighted by molar-refractivity contribution is 5.89. The highest BCUT2D eigenvalue weighted by Crippen LogP contribution is 2.33. The molecule has 29 heavy (non-hydrogen) atoms. The highest BCUT2D eigenvalue weighted by Gasteiger charge is 2.33. The molecule has 2 aromatic carbocycles. The fourth-order valence-electron chi connectivity index (χ4n) is 3.06. The Hall–Kier alpha value is -3.35. The molecule has 150 valence electrons. The smallest absolute Gasteiger partial charge is 0.331 e. The first kappa shape index (κ1) is 19.0. The van der Waals surface area contributed by atoms with Crippen LogP contribution in [0.3, 0.4) is 0 Å². The molecule has 2 aliphatic rings. The van der Waals surface area contributed by atoms with E-state index < -0.39 is 5.97 Å². The zero-order chi connectivity index (χ0) is 20.2. The lowest BCUT2D eigenvalue weighted by Crippen LogP contribution is -2.36. The van der Waals surface area contributed by atoms with Crippen LogP contribution in [0.25, 0.3) is 6.08 Å². The van der Waals surface area contributed by atoms with Gasteiger partial charge in [-0.15, -0.1) is 0 Å². The van der Waals surface area contributed by atoms with E-state index in [2.05, 4.69) is 0 Å². The van der Waals surface area contributed by atoms with E-state index in [-0.39, 0.29) is 37.7 Å². The zero-order valence-corrected chi connectivity index (χ0v) is 15.7. The molecule has 1 saturated carbocycles. The van der Waals surface area contributed by atoms with Crippen LogP contribution in [0, 0.1) is 5.82 Å². The van der Waals surface area contributed by atoms with E-state index in [1.54, 1.807) is 47.4 Å². The van der Waals surface area contributed by atoms with Gasteiger partial charge in [0.2, 0.25) is 6.79 Å². The van der Waals surface area contributed by atoms with Crippen LogP contribution in [0.4, 0.5) is 4.39 Å². The topological polar surface area (TPSA) is 65.1 Å². The van der Waals surface area contributed by atoms with Gasteiger partial charge in [0, 0.05) is 24.2 Å². The number of ether oxygens (including phenoxy) is 3. The van der Waals surface area contributed by atoms with Crippen LogP contribution < -0.4 is 9.47 Å². The molecule has 0 aromatic heterocycles. The number of hydrogen-bond donors (Lipinski definition) is 0. The molecule has 4 rings (SSSR count). The Labute approximate surface area is 167 Å². The minimum absolute atomic E-state index is 0.0741. The summed E-state index contributed by atoms with van der Waals surface area (Å²) in [6, 6.07) is 11.7. The average Bonchev–Trinajstić information content (AvgIpc) is 3.46. The van der Waals surface area contributed by atoms with Gasteiger partial charge in [0.25, 0.3) is 5.91 Å². The molecule has 0 saturated heterocycles. The Morgan fingerprint density at radius 1 is 1.14 bits per heavy atom. The summed E-state index contributed by atoms with van der Waals surface area (Å²) < 4.78 is 29.5. The first-order chi connectivity index (χ1) is 14.1. The van der Waals surface area contributed by atoms with Crippen molar-refractivity contribution in [3.8, 4) is 11.5 Å². The average molecular weight is 397 g/mol. The molecule has 0 unspecified atom stereocenters. The SMILES string of the molecule is O=C(/C=C/c1ccc2c(c1)OCO2)OCC(=O)N(Cc1ccccc1F)C1CC1. The molecule has 7 heteroatoms. The Balaban J connectivity index is 1.31. The number of halogens is 1. The van der Waals surface area contributed by atoms with Crippen LogP contribution >= 0.6 is 0 Å². The lowest BCUT2D eigenvalue weighted by molar-refractivity contribution is -0.148.